The van der Waals surface area contributed by atoms with Crippen molar-refractivity contribution in [1.29, 1.82) is 0 Å². The third-order valence-corrected chi connectivity index (χ3v) is 3.33. The third kappa shape index (κ3) is 3.73. The van der Waals surface area contributed by atoms with E-state index in [1.165, 1.54) is 0 Å². The van der Waals surface area contributed by atoms with Gasteiger partial charge in [0.1, 0.15) is 24.4 Å². The summed E-state index contributed by atoms with van der Waals surface area (Å²) in [6.45, 7) is 2.12. The quantitative estimate of drug-likeness (QED) is 0.578. The lowest BCUT2D eigenvalue weighted by Crippen LogP contribution is -2.01. The number of benzene rings is 2. The Bertz CT molecular complexity index is 659. The molecule has 4 heteroatoms. The van der Waals surface area contributed by atoms with E-state index in [0.29, 0.717) is 29.0 Å². The van der Waals surface area contributed by atoms with E-state index in [-0.39, 0.29) is 12.4 Å². The monoisotopic (exact) mass is 298 g/mol. The van der Waals surface area contributed by atoms with Crippen molar-refractivity contribution >= 4 is 12.1 Å². The van der Waals surface area contributed by atoms with Crippen LogP contribution in [0.3, 0.4) is 0 Å². The van der Waals surface area contributed by atoms with E-state index in [1.54, 1.807) is 49.6 Å². The van der Waals surface area contributed by atoms with E-state index in [9.17, 15) is 9.59 Å². The maximum atomic E-state index is 11.6. The van der Waals surface area contributed by atoms with Crippen LogP contribution in [0.15, 0.2) is 42.5 Å². The molecule has 0 saturated heterocycles. The fourth-order valence-electron chi connectivity index (χ4n) is 2.09. The second kappa shape index (κ2) is 7.41. The molecular formula is C18H18O4. The lowest BCUT2D eigenvalue weighted by molar-refractivity contribution is 0.0987. The molecule has 2 aromatic carbocycles. The van der Waals surface area contributed by atoms with Crippen LogP contribution in [0.1, 0.15) is 39.6 Å². The van der Waals surface area contributed by atoms with Crippen molar-refractivity contribution < 1.29 is 19.1 Å². The van der Waals surface area contributed by atoms with Crippen molar-refractivity contribution in [1.82, 2.24) is 0 Å². The molecule has 0 aliphatic carbocycles. The predicted octanol–water partition coefficient (Wildman–Crippen LogP) is 3.68. The van der Waals surface area contributed by atoms with Crippen molar-refractivity contribution in [2.24, 2.45) is 0 Å². The zero-order chi connectivity index (χ0) is 15.9. The van der Waals surface area contributed by atoms with Gasteiger partial charge in [0, 0.05) is 23.1 Å². The van der Waals surface area contributed by atoms with E-state index < -0.39 is 0 Å². The highest BCUT2D eigenvalue weighted by Crippen LogP contribution is 2.22. The molecule has 0 saturated carbocycles. The van der Waals surface area contributed by atoms with Gasteiger partial charge in [-0.1, -0.05) is 6.92 Å². The van der Waals surface area contributed by atoms with Crippen molar-refractivity contribution in [3.8, 4) is 11.5 Å². The summed E-state index contributed by atoms with van der Waals surface area (Å²) in [5.74, 6) is 1.43. The molecule has 22 heavy (non-hydrogen) atoms. The number of ketones is 1. The number of carbonyl (C=O) groups is 2. The molecule has 0 heterocycles. The minimum Gasteiger partial charge on any atom is -0.496 e. The molecule has 0 spiro atoms. The number of hydrogen-bond acceptors (Lipinski definition) is 4. The van der Waals surface area contributed by atoms with Gasteiger partial charge in [-0.25, -0.2) is 0 Å². The van der Waals surface area contributed by atoms with Crippen LogP contribution >= 0.6 is 0 Å². The second-order valence-electron chi connectivity index (χ2n) is 4.78. The Kier molecular flexibility index (Phi) is 5.31. The lowest BCUT2D eigenvalue weighted by atomic mass is 10.1. The topological polar surface area (TPSA) is 52.6 Å². The Morgan fingerprint density at radius 1 is 1.14 bits per heavy atom. The average Bonchev–Trinajstić information content (AvgIpc) is 2.59. The van der Waals surface area contributed by atoms with Crippen molar-refractivity contribution in [3.05, 3.63) is 59.2 Å². The Labute approximate surface area is 129 Å². The molecule has 4 nitrogen and oxygen atoms in total. The molecule has 0 radical (unpaired) electrons. The van der Waals surface area contributed by atoms with E-state index in [1.807, 2.05) is 6.92 Å². The van der Waals surface area contributed by atoms with Crippen LogP contribution in [0.25, 0.3) is 0 Å². The van der Waals surface area contributed by atoms with E-state index >= 15 is 0 Å². The van der Waals surface area contributed by atoms with Gasteiger partial charge < -0.3 is 9.47 Å². The van der Waals surface area contributed by atoms with Crippen LogP contribution in [0.4, 0.5) is 0 Å². The number of Topliss-reactive ketones (excluding diaryl/α,β-unsaturated/α-hetero) is 1. The zero-order valence-electron chi connectivity index (χ0n) is 12.7. The number of aldehydes is 1. The molecular weight excluding hydrogens is 280 g/mol. The SMILES string of the molecule is CCC(=O)c1ccc(OCc2cc(C=O)ccc2OC)cc1. The Balaban J connectivity index is 2.09. The molecule has 0 aromatic heterocycles. The van der Waals surface area contributed by atoms with Crippen LogP contribution in [0.5, 0.6) is 11.5 Å². The molecule has 2 rings (SSSR count). The maximum Gasteiger partial charge on any atom is 0.162 e. The molecule has 0 aliphatic heterocycles. The first-order valence-electron chi connectivity index (χ1n) is 7.06. The van der Waals surface area contributed by atoms with Crippen molar-refractivity contribution in [3.63, 3.8) is 0 Å². The van der Waals surface area contributed by atoms with Crippen LogP contribution in [-0.2, 0) is 6.61 Å². The van der Waals surface area contributed by atoms with Gasteiger partial charge in [-0.3, -0.25) is 9.59 Å². The fourth-order valence-corrected chi connectivity index (χ4v) is 2.09. The van der Waals surface area contributed by atoms with Gasteiger partial charge in [-0.2, -0.15) is 0 Å². The smallest absolute Gasteiger partial charge is 0.162 e. The summed E-state index contributed by atoms with van der Waals surface area (Å²) in [7, 11) is 1.57. The minimum absolute atomic E-state index is 0.104. The number of hydrogen-bond donors (Lipinski definition) is 0. The summed E-state index contributed by atoms with van der Waals surface area (Å²) in [4.78, 5) is 22.4. The molecule has 114 valence electrons. The van der Waals surface area contributed by atoms with Crippen LogP contribution in [0, 0.1) is 0 Å². The fraction of sp³-hybridized carbons (Fsp3) is 0.222. The average molecular weight is 298 g/mol. The van der Waals surface area contributed by atoms with Crippen LogP contribution in [0.2, 0.25) is 0 Å². The number of methoxy groups -OCH3 is 1. The van der Waals surface area contributed by atoms with E-state index in [4.69, 9.17) is 9.47 Å². The van der Waals surface area contributed by atoms with Crippen molar-refractivity contribution in [2.45, 2.75) is 20.0 Å². The summed E-state index contributed by atoms with van der Waals surface area (Å²) < 4.78 is 11.0. The van der Waals surface area contributed by atoms with Gasteiger partial charge in [-0.05, 0) is 42.5 Å². The predicted molar refractivity (Wildman–Crippen MR) is 83.8 cm³/mol. The molecule has 2 aromatic rings. The molecule has 0 bridgehead atoms. The largest absolute Gasteiger partial charge is 0.496 e. The normalized spacial score (nSPS) is 10.1. The van der Waals surface area contributed by atoms with Crippen LogP contribution in [-0.4, -0.2) is 19.2 Å². The standard InChI is InChI=1S/C18H18O4/c1-3-17(20)14-5-7-16(8-6-14)22-12-15-10-13(11-19)4-9-18(15)21-2/h4-11H,3,12H2,1-2H3. The van der Waals surface area contributed by atoms with Gasteiger partial charge in [0.25, 0.3) is 0 Å². The number of rotatable bonds is 7. The first-order valence-corrected chi connectivity index (χ1v) is 7.06. The molecule has 0 amide bonds. The van der Waals surface area contributed by atoms with E-state index in [2.05, 4.69) is 0 Å². The highest BCUT2D eigenvalue weighted by Gasteiger charge is 2.07. The van der Waals surface area contributed by atoms with E-state index in [0.717, 1.165) is 11.8 Å². The lowest BCUT2D eigenvalue weighted by Gasteiger charge is -2.11. The molecule has 0 aliphatic rings. The summed E-state index contributed by atoms with van der Waals surface area (Å²) in [6, 6.07) is 12.2. The Hall–Kier alpha value is -2.62. The highest BCUT2D eigenvalue weighted by atomic mass is 16.5. The van der Waals surface area contributed by atoms with Gasteiger partial charge in [0.15, 0.2) is 5.78 Å². The number of carbonyl (C=O) groups excluding carboxylic acids is 2. The summed E-state index contributed by atoms with van der Waals surface area (Å²) in [6.07, 6.45) is 1.27. The summed E-state index contributed by atoms with van der Waals surface area (Å²) in [5.41, 5.74) is 2.04. The molecule has 0 fully saturated rings. The Morgan fingerprint density at radius 2 is 1.86 bits per heavy atom. The van der Waals surface area contributed by atoms with Gasteiger partial charge in [-0.15, -0.1) is 0 Å². The third-order valence-electron chi connectivity index (χ3n) is 3.33. The first kappa shape index (κ1) is 15.8. The van der Waals surface area contributed by atoms with Crippen molar-refractivity contribution in [2.75, 3.05) is 7.11 Å². The summed E-state index contributed by atoms with van der Waals surface area (Å²) >= 11 is 0. The maximum absolute atomic E-state index is 11.6. The zero-order valence-corrected chi connectivity index (χ0v) is 12.7. The molecule has 0 atom stereocenters. The molecule has 0 N–H and O–H groups in total. The first-order chi connectivity index (χ1) is 10.7. The Morgan fingerprint density at radius 3 is 2.45 bits per heavy atom. The molecule has 0 unspecified atom stereocenters. The van der Waals surface area contributed by atoms with Crippen LogP contribution < -0.4 is 9.47 Å². The number of ether oxygens (including phenoxy) is 2. The van der Waals surface area contributed by atoms with Gasteiger partial charge >= 0.3 is 0 Å². The summed E-state index contributed by atoms with van der Waals surface area (Å²) in [5, 5.41) is 0. The second-order valence-corrected chi connectivity index (χ2v) is 4.78. The van der Waals surface area contributed by atoms with Gasteiger partial charge in [0.05, 0.1) is 7.11 Å². The highest BCUT2D eigenvalue weighted by molar-refractivity contribution is 5.95. The minimum atomic E-state index is 0.104. The van der Waals surface area contributed by atoms with Gasteiger partial charge in [0.2, 0.25) is 0 Å².